The normalized spacial score (nSPS) is 16.4. The molecule has 1 aliphatic rings. The third-order valence-corrected chi connectivity index (χ3v) is 6.72. The summed E-state index contributed by atoms with van der Waals surface area (Å²) in [6.45, 7) is 8.18. The zero-order valence-corrected chi connectivity index (χ0v) is 20.7. The molecule has 1 heterocycles. The standard InChI is InChI=1S/C27H32BN3O3/c1-26(2)27(3,4)34-28(33-26)21-12-7-18(8-13-21)20-11-16-23(29)24(17-20)30-25(32)19-9-14-22(15-10-19)31(5)6/h7-17H,29H2,1-6H3,(H,30,32). The van der Waals surface area contributed by atoms with Gasteiger partial charge in [0, 0.05) is 25.3 Å². The fourth-order valence-electron chi connectivity index (χ4n) is 3.76. The van der Waals surface area contributed by atoms with E-state index in [0.29, 0.717) is 16.9 Å². The summed E-state index contributed by atoms with van der Waals surface area (Å²) in [5, 5.41) is 2.94. The van der Waals surface area contributed by atoms with Crippen LogP contribution < -0.4 is 21.4 Å². The first-order valence-electron chi connectivity index (χ1n) is 11.4. The van der Waals surface area contributed by atoms with Crippen molar-refractivity contribution in [2.24, 2.45) is 0 Å². The van der Waals surface area contributed by atoms with Crippen LogP contribution in [0, 0.1) is 0 Å². The largest absolute Gasteiger partial charge is 0.494 e. The van der Waals surface area contributed by atoms with Gasteiger partial charge in [0.1, 0.15) is 0 Å². The zero-order valence-electron chi connectivity index (χ0n) is 20.7. The van der Waals surface area contributed by atoms with Crippen LogP contribution >= 0.6 is 0 Å². The maximum absolute atomic E-state index is 12.8. The van der Waals surface area contributed by atoms with Gasteiger partial charge in [0.15, 0.2) is 0 Å². The second-order valence-electron chi connectivity index (χ2n) is 9.91. The molecule has 0 saturated carbocycles. The maximum Gasteiger partial charge on any atom is 0.494 e. The molecule has 1 fully saturated rings. The zero-order chi connectivity index (χ0) is 24.7. The number of nitrogens with zero attached hydrogens (tertiary/aromatic N) is 1. The number of nitrogens with two attached hydrogens (primary N) is 1. The van der Waals surface area contributed by atoms with Crippen LogP contribution in [0.2, 0.25) is 0 Å². The Hall–Kier alpha value is -3.29. The van der Waals surface area contributed by atoms with Gasteiger partial charge in [0.05, 0.1) is 22.6 Å². The minimum atomic E-state index is -0.404. The molecule has 0 unspecified atom stereocenters. The number of hydrogen-bond donors (Lipinski definition) is 2. The number of amides is 1. The van der Waals surface area contributed by atoms with Gasteiger partial charge < -0.3 is 25.3 Å². The maximum atomic E-state index is 12.8. The van der Waals surface area contributed by atoms with Crippen LogP contribution in [0.5, 0.6) is 0 Å². The fourth-order valence-corrected chi connectivity index (χ4v) is 3.76. The summed E-state index contributed by atoms with van der Waals surface area (Å²) in [5.41, 5.74) is 11.0. The molecule has 7 heteroatoms. The molecule has 0 radical (unpaired) electrons. The Morgan fingerprint density at radius 2 is 1.41 bits per heavy atom. The van der Waals surface area contributed by atoms with E-state index in [2.05, 4.69) is 5.32 Å². The van der Waals surface area contributed by atoms with E-state index < -0.39 is 7.12 Å². The van der Waals surface area contributed by atoms with Crippen LogP contribution in [-0.4, -0.2) is 38.3 Å². The van der Waals surface area contributed by atoms with Gasteiger partial charge in [-0.2, -0.15) is 0 Å². The highest BCUT2D eigenvalue weighted by Crippen LogP contribution is 2.36. The van der Waals surface area contributed by atoms with Crippen LogP contribution in [0.1, 0.15) is 38.1 Å². The number of anilines is 3. The predicted octanol–water partition coefficient (Wildman–Crippen LogP) is 4.55. The summed E-state index contributed by atoms with van der Waals surface area (Å²) in [6.07, 6.45) is 0. The Bertz CT molecular complexity index is 1170. The first-order chi connectivity index (χ1) is 16.0. The number of carbonyl (C=O) groups excluding carboxylic acids is 1. The lowest BCUT2D eigenvalue weighted by Gasteiger charge is -2.32. The summed E-state index contributed by atoms with van der Waals surface area (Å²) in [4.78, 5) is 14.8. The molecule has 0 aromatic heterocycles. The van der Waals surface area contributed by atoms with Crippen molar-refractivity contribution in [1.29, 1.82) is 0 Å². The molecule has 4 rings (SSSR count). The highest BCUT2D eigenvalue weighted by Gasteiger charge is 2.51. The van der Waals surface area contributed by atoms with Gasteiger partial charge >= 0.3 is 7.12 Å². The van der Waals surface area contributed by atoms with E-state index in [-0.39, 0.29) is 17.1 Å². The number of carbonyl (C=O) groups is 1. The third-order valence-electron chi connectivity index (χ3n) is 6.72. The smallest absolute Gasteiger partial charge is 0.399 e. The monoisotopic (exact) mass is 457 g/mol. The van der Waals surface area contributed by atoms with Crippen LogP contribution in [0.3, 0.4) is 0 Å². The van der Waals surface area contributed by atoms with E-state index in [0.717, 1.165) is 22.3 Å². The van der Waals surface area contributed by atoms with Crippen molar-refractivity contribution >= 4 is 35.6 Å². The number of nitrogen functional groups attached to an aromatic ring is 1. The van der Waals surface area contributed by atoms with Crippen molar-refractivity contribution in [1.82, 2.24) is 0 Å². The van der Waals surface area contributed by atoms with E-state index in [4.69, 9.17) is 15.0 Å². The van der Waals surface area contributed by atoms with Gasteiger partial charge in [-0.15, -0.1) is 0 Å². The lowest BCUT2D eigenvalue weighted by atomic mass is 9.78. The summed E-state index contributed by atoms with van der Waals surface area (Å²) in [6, 6.07) is 21.2. The molecule has 1 saturated heterocycles. The van der Waals surface area contributed by atoms with Crippen molar-refractivity contribution in [3.05, 3.63) is 72.3 Å². The van der Waals surface area contributed by atoms with Crippen molar-refractivity contribution < 1.29 is 14.1 Å². The lowest BCUT2D eigenvalue weighted by molar-refractivity contribution is 0.00578. The van der Waals surface area contributed by atoms with Gasteiger partial charge in [-0.3, -0.25) is 4.79 Å². The molecule has 3 aromatic rings. The second-order valence-corrected chi connectivity index (χ2v) is 9.91. The second kappa shape index (κ2) is 8.82. The summed E-state index contributed by atoms with van der Waals surface area (Å²) >= 11 is 0. The van der Waals surface area contributed by atoms with E-state index in [9.17, 15) is 4.79 Å². The van der Waals surface area contributed by atoms with Gasteiger partial charge in [0.25, 0.3) is 5.91 Å². The molecule has 0 aliphatic carbocycles. The molecule has 176 valence electrons. The quantitative estimate of drug-likeness (QED) is 0.434. The molecular formula is C27H32BN3O3. The average molecular weight is 457 g/mol. The number of nitrogens with one attached hydrogen (secondary N) is 1. The summed E-state index contributed by atoms with van der Waals surface area (Å²) in [5.74, 6) is -0.203. The Morgan fingerprint density at radius 1 is 0.853 bits per heavy atom. The molecule has 1 aliphatic heterocycles. The van der Waals surface area contributed by atoms with E-state index in [1.807, 2.05) is 101 Å². The topological polar surface area (TPSA) is 76.8 Å². The Balaban J connectivity index is 1.51. The van der Waals surface area contributed by atoms with Crippen molar-refractivity contribution in [2.75, 3.05) is 30.0 Å². The van der Waals surface area contributed by atoms with E-state index in [1.165, 1.54) is 0 Å². The number of benzene rings is 3. The third kappa shape index (κ3) is 4.67. The van der Waals surface area contributed by atoms with Crippen LogP contribution in [0.4, 0.5) is 17.1 Å². The molecule has 6 nitrogen and oxygen atoms in total. The molecule has 0 bridgehead atoms. The molecule has 3 N–H and O–H groups in total. The first kappa shape index (κ1) is 23.9. The van der Waals surface area contributed by atoms with E-state index >= 15 is 0 Å². The SMILES string of the molecule is CN(C)c1ccc(C(=O)Nc2cc(-c3ccc(B4OC(C)(C)C(C)(C)O4)cc3)ccc2N)cc1. The van der Waals surface area contributed by atoms with Crippen molar-refractivity contribution in [2.45, 2.75) is 38.9 Å². The predicted molar refractivity (Wildman–Crippen MR) is 141 cm³/mol. The highest BCUT2D eigenvalue weighted by molar-refractivity contribution is 6.62. The van der Waals surface area contributed by atoms with Gasteiger partial charge in [0.2, 0.25) is 0 Å². The molecular weight excluding hydrogens is 425 g/mol. The van der Waals surface area contributed by atoms with Gasteiger partial charge in [-0.25, -0.2) is 0 Å². The minimum Gasteiger partial charge on any atom is -0.399 e. The molecule has 3 aromatic carbocycles. The Morgan fingerprint density at radius 3 is 1.97 bits per heavy atom. The fraction of sp³-hybridized carbons (Fsp3) is 0.296. The number of rotatable bonds is 5. The average Bonchev–Trinajstić information content (AvgIpc) is 3.02. The van der Waals surface area contributed by atoms with Crippen LogP contribution in [0.15, 0.2) is 66.7 Å². The Kier molecular flexibility index (Phi) is 6.19. The lowest BCUT2D eigenvalue weighted by Crippen LogP contribution is -2.41. The molecule has 0 spiro atoms. The van der Waals surface area contributed by atoms with E-state index in [1.54, 1.807) is 12.1 Å². The number of hydrogen-bond acceptors (Lipinski definition) is 5. The highest BCUT2D eigenvalue weighted by atomic mass is 16.7. The Labute approximate surface area is 202 Å². The molecule has 0 atom stereocenters. The summed E-state index contributed by atoms with van der Waals surface area (Å²) in [7, 11) is 3.52. The van der Waals surface area contributed by atoms with Gasteiger partial charge in [-0.05, 0) is 80.7 Å². The first-order valence-corrected chi connectivity index (χ1v) is 11.4. The van der Waals surface area contributed by atoms with Crippen molar-refractivity contribution in [3.63, 3.8) is 0 Å². The van der Waals surface area contributed by atoms with Crippen LogP contribution in [0.25, 0.3) is 11.1 Å². The van der Waals surface area contributed by atoms with Crippen LogP contribution in [-0.2, 0) is 9.31 Å². The summed E-state index contributed by atoms with van der Waals surface area (Å²) < 4.78 is 12.3. The van der Waals surface area contributed by atoms with Gasteiger partial charge in [-0.1, -0.05) is 30.3 Å². The van der Waals surface area contributed by atoms with Crippen molar-refractivity contribution in [3.8, 4) is 11.1 Å². The minimum absolute atomic E-state index is 0.203. The molecule has 1 amide bonds. The molecule has 34 heavy (non-hydrogen) atoms.